The molecule has 6 nitrogen and oxygen atoms in total. The molecule has 1 saturated heterocycles. The minimum atomic E-state index is 0. The van der Waals surface area contributed by atoms with Gasteiger partial charge in [-0.25, -0.2) is 0 Å². The highest BCUT2D eigenvalue weighted by Crippen LogP contribution is 2.27. The van der Waals surface area contributed by atoms with Gasteiger partial charge in [0, 0.05) is 56.5 Å². The molecule has 3 rings (SSSR count). The zero-order valence-corrected chi connectivity index (χ0v) is 21.7. The largest absolute Gasteiger partial charge is 0.357 e. The van der Waals surface area contributed by atoms with Crippen LogP contribution in [0.5, 0.6) is 0 Å². The summed E-state index contributed by atoms with van der Waals surface area (Å²) in [7, 11) is 0. The Kier molecular flexibility index (Phi) is 11.0. The van der Waals surface area contributed by atoms with Gasteiger partial charge in [-0.3, -0.25) is 14.8 Å². The van der Waals surface area contributed by atoms with Crippen LogP contribution < -0.4 is 10.6 Å². The van der Waals surface area contributed by atoms with E-state index in [9.17, 15) is 4.79 Å². The molecule has 31 heavy (non-hydrogen) atoms. The topological polar surface area (TPSA) is 69.6 Å². The number of carbonyl (C=O) groups excluding carboxylic acids is 1. The molecular weight excluding hydrogens is 501 g/mol. The SMILES string of the molecule is CCNC(=NCC(c1cccnc1)C(C)C)NC1CCN(C(=O)C2CCCCC2)C1.I. The summed E-state index contributed by atoms with van der Waals surface area (Å²) in [5.74, 6) is 2.30. The number of carbonyl (C=O) groups is 1. The van der Waals surface area contributed by atoms with E-state index in [2.05, 4.69) is 47.4 Å². The predicted molar refractivity (Wildman–Crippen MR) is 138 cm³/mol. The lowest BCUT2D eigenvalue weighted by Crippen LogP contribution is -2.45. The van der Waals surface area contributed by atoms with Crippen molar-refractivity contribution in [3.8, 4) is 0 Å². The first-order valence-electron chi connectivity index (χ1n) is 11.8. The average Bonchev–Trinajstić information content (AvgIpc) is 3.23. The second kappa shape index (κ2) is 13.2. The molecule has 2 fully saturated rings. The summed E-state index contributed by atoms with van der Waals surface area (Å²) in [6.45, 7) is 9.75. The van der Waals surface area contributed by atoms with Crippen LogP contribution in [-0.4, -0.2) is 54.0 Å². The molecule has 0 bridgehead atoms. The van der Waals surface area contributed by atoms with Gasteiger partial charge in [0.1, 0.15) is 0 Å². The van der Waals surface area contributed by atoms with E-state index in [0.29, 0.717) is 17.7 Å². The fourth-order valence-corrected chi connectivity index (χ4v) is 4.69. The molecule has 0 aromatic carbocycles. The third-order valence-corrected chi connectivity index (χ3v) is 6.50. The van der Waals surface area contributed by atoms with Crippen molar-refractivity contribution in [1.29, 1.82) is 0 Å². The molecule has 7 heteroatoms. The Morgan fingerprint density at radius 2 is 2.03 bits per heavy atom. The van der Waals surface area contributed by atoms with Crippen LogP contribution in [0.25, 0.3) is 0 Å². The highest BCUT2D eigenvalue weighted by Gasteiger charge is 2.31. The second-order valence-corrected chi connectivity index (χ2v) is 9.11. The van der Waals surface area contributed by atoms with E-state index in [1.807, 2.05) is 18.5 Å². The van der Waals surface area contributed by atoms with Crippen molar-refractivity contribution in [2.24, 2.45) is 16.8 Å². The molecule has 1 aromatic rings. The van der Waals surface area contributed by atoms with Gasteiger partial charge in [-0.2, -0.15) is 0 Å². The van der Waals surface area contributed by atoms with Crippen LogP contribution in [0.2, 0.25) is 0 Å². The first-order valence-corrected chi connectivity index (χ1v) is 11.8. The number of amides is 1. The summed E-state index contributed by atoms with van der Waals surface area (Å²) in [5, 5.41) is 6.96. The summed E-state index contributed by atoms with van der Waals surface area (Å²) in [4.78, 5) is 24.1. The first kappa shape index (κ1) is 25.9. The van der Waals surface area contributed by atoms with E-state index in [1.165, 1.54) is 24.8 Å². The number of rotatable bonds is 7. The Bertz CT molecular complexity index is 690. The first-order chi connectivity index (χ1) is 14.6. The Labute approximate surface area is 205 Å². The summed E-state index contributed by atoms with van der Waals surface area (Å²) in [6.07, 6.45) is 10.6. The number of aliphatic imine (C=N–C) groups is 1. The number of pyridine rings is 1. The lowest BCUT2D eigenvalue weighted by molar-refractivity contribution is -0.135. The molecule has 1 aliphatic heterocycles. The normalized spacial score (nSPS) is 21.0. The van der Waals surface area contributed by atoms with Crippen LogP contribution in [0.4, 0.5) is 0 Å². The maximum Gasteiger partial charge on any atom is 0.225 e. The number of guanidine groups is 1. The fourth-order valence-electron chi connectivity index (χ4n) is 4.69. The Balaban J connectivity index is 0.00000341. The van der Waals surface area contributed by atoms with Crippen LogP contribution in [-0.2, 0) is 4.79 Å². The van der Waals surface area contributed by atoms with E-state index >= 15 is 0 Å². The van der Waals surface area contributed by atoms with Crippen molar-refractivity contribution in [3.63, 3.8) is 0 Å². The van der Waals surface area contributed by atoms with E-state index < -0.39 is 0 Å². The van der Waals surface area contributed by atoms with Gasteiger partial charge in [-0.05, 0) is 43.7 Å². The second-order valence-electron chi connectivity index (χ2n) is 9.11. The summed E-state index contributed by atoms with van der Waals surface area (Å²) in [6, 6.07) is 4.40. The molecule has 174 valence electrons. The Morgan fingerprint density at radius 3 is 2.68 bits per heavy atom. The number of likely N-dealkylation sites (tertiary alicyclic amines) is 1. The maximum atomic E-state index is 12.9. The molecule has 1 aromatic heterocycles. The lowest BCUT2D eigenvalue weighted by Gasteiger charge is -2.26. The highest BCUT2D eigenvalue weighted by molar-refractivity contribution is 14.0. The molecule has 0 spiro atoms. The third kappa shape index (κ3) is 7.61. The smallest absolute Gasteiger partial charge is 0.225 e. The van der Waals surface area contributed by atoms with E-state index in [4.69, 9.17) is 4.99 Å². The molecule has 2 N–H and O–H groups in total. The van der Waals surface area contributed by atoms with Crippen LogP contribution in [0.3, 0.4) is 0 Å². The number of nitrogens with zero attached hydrogens (tertiary/aromatic N) is 3. The van der Waals surface area contributed by atoms with Crippen molar-refractivity contribution < 1.29 is 4.79 Å². The van der Waals surface area contributed by atoms with Crippen molar-refractivity contribution in [1.82, 2.24) is 20.5 Å². The van der Waals surface area contributed by atoms with Gasteiger partial charge in [0.05, 0.1) is 0 Å². The molecule has 2 heterocycles. The van der Waals surface area contributed by atoms with Gasteiger partial charge in [0.2, 0.25) is 5.91 Å². The Morgan fingerprint density at radius 1 is 1.26 bits per heavy atom. The minimum Gasteiger partial charge on any atom is -0.357 e. The van der Waals surface area contributed by atoms with Crippen molar-refractivity contribution in [2.75, 3.05) is 26.2 Å². The van der Waals surface area contributed by atoms with Gasteiger partial charge >= 0.3 is 0 Å². The summed E-state index contributed by atoms with van der Waals surface area (Å²) < 4.78 is 0. The lowest BCUT2D eigenvalue weighted by atomic mass is 9.88. The number of halogens is 1. The van der Waals surface area contributed by atoms with Crippen molar-refractivity contribution in [2.45, 2.75) is 71.3 Å². The zero-order valence-electron chi connectivity index (χ0n) is 19.3. The van der Waals surface area contributed by atoms with Crippen LogP contribution in [0, 0.1) is 11.8 Å². The summed E-state index contributed by atoms with van der Waals surface area (Å²) >= 11 is 0. The van der Waals surface area contributed by atoms with E-state index in [0.717, 1.165) is 51.4 Å². The number of aromatic nitrogens is 1. The molecule has 0 radical (unpaired) electrons. The van der Waals surface area contributed by atoms with Gasteiger partial charge in [0.25, 0.3) is 0 Å². The highest BCUT2D eigenvalue weighted by atomic mass is 127. The van der Waals surface area contributed by atoms with E-state index in [1.54, 1.807) is 0 Å². The standard InChI is InChI=1S/C24H39N5O.HI/c1-4-26-24(27-16-22(18(2)3)20-11-8-13-25-15-20)28-21-12-14-29(17-21)23(30)19-9-6-5-7-10-19;/h8,11,13,15,18-19,21-22H,4-7,9-10,12,14,16-17H2,1-3H3,(H2,26,27,28);1H. The fraction of sp³-hybridized carbons (Fsp3) is 0.708. The van der Waals surface area contributed by atoms with Crippen molar-refractivity contribution in [3.05, 3.63) is 30.1 Å². The van der Waals surface area contributed by atoms with Gasteiger partial charge < -0.3 is 15.5 Å². The molecule has 1 aliphatic carbocycles. The molecule has 2 aliphatic rings. The maximum absolute atomic E-state index is 12.9. The average molecular weight is 542 g/mol. The van der Waals surface area contributed by atoms with Crippen LogP contribution in [0.15, 0.2) is 29.5 Å². The van der Waals surface area contributed by atoms with Gasteiger partial charge in [-0.1, -0.05) is 39.2 Å². The van der Waals surface area contributed by atoms with E-state index in [-0.39, 0.29) is 35.9 Å². The summed E-state index contributed by atoms with van der Waals surface area (Å²) in [5.41, 5.74) is 1.23. The molecule has 2 atom stereocenters. The predicted octanol–water partition coefficient (Wildman–Crippen LogP) is 4.18. The number of hydrogen-bond donors (Lipinski definition) is 2. The van der Waals surface area contributed by atoms with Crippen molar-refractivity contribution >= 4 is 35.8 Å². The third-order valence-electron chi connectivity index (χ3n) is 6.50. The van der Waals surface area contributed by atoms with Crippen LogP contribution in [0.1, 0.15) is 70.8 Å². The minimum absolute atomic E-state index is 0. The monoisotopic (exact) mass is 541 g/mol. The zero-order chi connectivity index (χ0) is 21.3. The number of nitrogens with one attached hydrogen (secondary N) is 2. The molecule has 1 saturated carbocycles. The quantitative estimate of drug-likeness (QED) is 0.309. The molecule has 2 unspecified atom stereocenters. The molecular formula is C24H40IN5O. The molecule has 1 amide bonds. The van der Waals surface area contributed by atoms with Gasteiger partial charge in [0.15, 0.2) is 5.96 Å². The van der Waals surface area contributed by atoms with Crippen LogP contribution >= 0.6 is 24.0 Å². The number of hydrogen-bond acceptors (Lipinski definition) is 3. The Hall–Kier alpha value is -1.38. The van der Waals surface area contributed by atoms with Gasteiger partial charge in [-0.15, -0.1) is 24.0 Å².